The molecule has 3 aromatic rings. The van der Waals surface area contributed by atoms with Crippen molar-refractivity contribution in [3.63, 3.8) is 0 Å². The number of nitrogens with zero attached hydrogens (tertiary/aromatic N) is 1. The molecule has 2 N–H and O–H groups in total. The van der Waals surface area contributed by atoms with E-state index >= 15 is 0 Å². The minimum Gasteiger partial charge on any atom is -0.394 e. The third-order valence-corrected chi connectivity index (χ3v) is 3.88. The minimum atomic E-state index is -0.533. The van der Waals surface area contributed by atoms with Crippen molar-refractivity contribution in [3.8, 4) is 11.1 Å². The first-order chi connectivity index (χ1) is 12.2. The van der Waals surface area contributed by atoms with Crippen molar-refractivity contribution in [3.05, 3.63) is 90.0 Å². The van der Waals surface area contributed by atoms with E-state index < -0.39 is 6.04 Å². The molecule has 0 aliphatic heterocycles. The number of aliphatic hydroxyl groups is 1. The number of hydrogen-bond acceptors (Lipinski definition) is 3. The van der Waals surface area contributed by atoms with Crippen molar-refractivity contribution < 1.29 is 14.3 Å². The summed E-state index contributed by atoms with van der Waals surface area (Å²) in [5, 5.41) is 12.4. The van der Waals surface area contributed by atoms with Gasteiger partial charge in [-0.15, -0.1) is 0 Å². The van der Waals surface area contributed by atoms with Crippen molar-refractivity contribution in [1.29, 1.82) is 0 Å². The number of carbonyl (C=O) groups excluding carboxylic acids is 1. The number of pyridine rings is 1. The zero-order chi connectivity index (χ0) is 17.6. The third kappa shape index (κ3) is 4.08. The highest BCUT2D eigenvalue weighted by Gasteiger charge is 2.15. The summed E-state index contributed by atoms with van der Waals surface area (Å²) in [6.45, 7) is -0.231. The highest BCUT2D eigenvalue weighted by atomic mass is 19.1. The second-order valence-corrected chi connectivity index (χ2v) is 5.58. The molecule has 1 atom stereocenters. The topological polar surface area (TPSA) is 62.2 Å². The predicted octanol–water partition coefficient (Wildman–Crippen LogP) is 3.35. The number of rotatable bonds is 5. The average Bonchev–Trinajstić information content (AvgIpc) is 2.67. The molecule has 4 nitrogen and oxygen atoms in total. The van der Waals surface area contributed by atoms with E-state index in [0.717, 1.165) is 16.7 Å². The van der Waals surface area contributed by atoms with Gasteiger partial charge in [-0.25, -0.2) is 4.39 Å². The van der Waals surface area contributed by atoms with Crippen LogP contribution < -0.4 is 5.32 Å². The van der Waals surface area contributed by atoms with Crippen LogP contribution in [0.25, 0.3) is 11.1 Å². The number of benzene rings is 2. The molecule has 1 amide bonds. The summed E-state index contributed by atoms with van der Waals surface area (Å²) >= 11 is 0. The van der Waals surface area contributed by atoms with E-state index in [9.17, 15) is 14.3 Å². The van der Waals surface area contributed by atoms with Gasteiger partial charge in [-0.3, -0.25) is 9.78 Å². The molecule has 1 aromatic heterocycles. The number of carbonyl (C=O) groups is 1. The lowest BCUT2D eigenvalue weighted by Gasteiger charge is -2.17. The summed E-state index contributed by atoms with van der Waals surface area (Å²) in [7, 11) is 0. The molecule has 0 unspecified atom stereocenters. The largest absolute Gasteiger partial charge is 0.394 e. The van der Waals surface area contributed by atoms with E-state index in [1.54, 1.807) is 24.4 Å². The molecule has 0 spiro atoms. The van der Waals surface area contributed by atoms with Gasteiger partial charge in [0, 0.05) is 12.4 Å². The Labute approximate surface area is 145 Å². The van der Waals surface area contributed by atoms with Crippen LogP contribution in [-0.2, 0) is 0 Å². The first-order valence-corrected chi connectivity index (χ1v) is 7.85. The molecule has 3 rings (SSSR count). The molecule has 0 aliphatic carbocycles. The van der Waals surface area contributed by atoms with Gasteiger partial charge in [0.1, 0.15) is 5.82 Å². The van der Waals surface area contributed by atoms with E-state index in [4.69, 9.17) is 0 Å². The molecular formula is C20H17FN2O2. The van der Waals surface area contributed by atoms with Crippen LogP contribution in [0.4, 0.5) is 4.39 Å². The number of halogens is 1. The van der Waals surface area contributed by atoms with Gasteiger partial charge in [-0.1, -0.05) is 36.4 Å². The van der Waals surface area contributed by atoms with Gasteiger partial charge in [0.25, 0.3) is 5.91 Å². The van der Waals surface area contributed by atoms with Gasteiger partial charge in [0.15, 0.2) is 0 Å². The minimum absolute atomic E-state index is 0.231. The number of aliphatic hydroxyl groups excluding tert-OH is 1. The number of hydrogen-bond donors (Lipinski definition) is 2. The molecule has 0 fully saturated rings. The zero-order valence-corrected chi connectivity index (χ0v) is 13.4. The number of nitrogens with one attached hydrogen (secondary N) is 1. The number of amides is 1. The molecule has 1 heterocycles. The quantitative estimate of drug-likeness (QED) is 0.751. The lowest BCUT2D eigenvalue weighted by Crippen LogP contribution is -2.30. The van der Waals surface area contributed by atoms with Gasteiger partial charge >= 0.3 is 0 Å². The van der Waals surface area contributed by atoms with Crippen LogP contribution >= 0.6 is 0 Å². The molecular weight excluding hydrogens is 319 g/mol. The van der Waals surface area contributed by atoms with Gasteiger partial charge in [0.2, 0.25) is 0 Å². The molecule has 0 saturated carbocycles. The normalized spacial score (nSPS) is 11.8. The standard InChI is InChI=1S/C20H17FN2O2/c21-18-5-1-3-16(11-18)14-6-8-15(9-7-14)19(13-24)23-20(25)17-4-2-10-22-12-17/h1-12,19,24H,13H2,(H,23,25)/t19-/m0/s1. The molecule has 25 heavy (non-hydrogen) atoms. The summed E-state index contributed by atoms with van der Waals surface area (Å²) < 4.78 is 13.3. The van der Waals surface area contributed by atoms with Crippen LogP contribution in [0.5, 0.6) is 0 Å². The van der Waals surface area contributed by atoms with E-state index in [1.807, 2.05) is 30.3 Å². The van der Waals surface area contributed by atoms with E-state index in [0.29, 0.717) is 5.56 Å². The molecule has 5 heteroatoms. The first kappa shape index (κ1) is 16.8. The second-order valence-electron chi connectivity index (χ2n) is 5.58. The first-order valence-electron chi connectivity index (χ1n) is 7.85. The highest BCUT2D eigenvalue weighted by Crippen LogP contribution is 2.23. The molecule has 126 valence electrons. The Morgan fingerprint density at radius 1 is 1.08 bits per heavy atom. The van der Waals surface area contributed by atoms with Crippen LogP contribution in [0.3, 0.4) is 0 Å². The van der Waals surface area contributed by atoms with E-state index in [1.165, 1.54) is 18.3 Å². The summed E-state index contributed by atoms with van der Waals surface area (Å²) in [5.41, 5.74) is 2.82. The summed E-state index contributed by atoms with van der Waals surface area (Å²) in [6, 6.07) is 16.4. The van der Waals surface area contributed by atoms with Crippen molar-refractivity contribution in [2.45, 2.75) is 6.04 Å². The van der Waals surface area contributed by atoms with Crippen LogP contribution in [0.2, 0.25) is 0 Å². The third-order valence-electron chi connectivity index (χ3n) is 3.88. The van der Waals surface area contributed by atoms with E-state index in [-0.39, 0.29) is 18.3 Å². The van der Waals surface area contributed by atoms with Gasteiger partial charge in [-0.05, 0) is 41.0 Å². The van der Waals surface area contributed by atoms with Crippen molar-refractivity contribution in [2.75, 3.05) is 6.61 Å². The maximum atomic E-state index is 13.3. The van der Waals surface area contributed by atoms with Crippen LogP contribution in [-0.4, -0.2) is 22.6 Å². The Balaban J connectivity index is 1.76. The Bertz CT molecular complexity index is 851. The van der Waals surface area contributed by atoms with Gasteiger partial charge in [-0.2, -0.15) is 0 Å². The fourth-order valence-electron chi connectivity index (χ4n) is 2.55. The number of aromatic nitrogens is 1. The Kier molecular flexibility index (Phi) is 5.16. The Morgan fingerprint density at radius 2 is 1.88 bits per heavy atom. The predicted molar refractivity (Wildman–Crippen MR) is 93.4 cm³/mol. The Hall–Kier alpha value is -3.05. The van der Waals surface area contributed by atoms with Crippen molar-refractivity contribution in [2.24, 2.45) is 0 Å². The summed E-state index contributed by atoms with van der Waals surface area (Å²) in [5.74, 6) is -0.597. The SMILES string of the molecule is O=C(N[C@@H](CO)c1ccc(-c2cccc(F)c2)cc1)c1cccnc1. The fourth-order valence-corrected chi connectivity index (χ4v) is 2.55. The molecule has 0 saturated heterocycles. The van der Waals surface area contributed by atoms with Crippen LogP contribution in [0.15, 0.2) is 73.1 Å². The molecule has 0 bridgehead atoms. The second kappa shape index (κ2) is 7.68. The lowest BCUT2D eigenvalue weighted by atomic mass is 10.0. The van der Waals surface area contributed by atoms with Crippen molar-refractivity contribution >= 4 is 5.91 Å². The van der Waals surface area contributed by atoms with Crippen molar-refractivity contribution in [1.82, 2.24) is 10.3 Å². The molecule has 0 radical (unpaired) electrons. The maximum Gasteiger partial charge on any atom is 0.253 e. The van der Waals surface area contributed by atoms with Crippen LogP contribution in [0, 0.1) is 5.82 Å². The average molecular weight is 336 g/mol. The molecule has 0 aliphatic rings. The highest BCUT2D eigenvalue weighted by molar-refractivity contribution is 5.94. The lowest BCUT2D eigenvalue weighted by molar-refractivity contribution is 0.0916. The Morgan fingerprint density at radius 3 is 2.52 bits per heavy atom. The van der Waals surface area contributed by atoms with Gasteiger partial charge in [0.05, 0.1) is 18.2 Å². The fraction of sp³-hybridized carbons (Fsp3) is 0.100. The smallest absolute Gasteiger partial charge is 0.253 e. The maximum absolute atomic E-state index is 13.3. The summed E-state index contributed by atoms with van der Waals surface area (Å²) in [6.07, 6.45) is 3.06. The molecule has 2 aromatic carbocycles. The zero-order valence-electron chi connectivity index (χ0n) is 13.4. The van der Waals surface area contributed by atoms with Crippen LogP contribution in [0.1, 0.15) is 22.0 Å². The monoisotopic (exact) mass is 336 g/mol. The van der Waals surface area contributed by atoms with Gasteiger partial charge < -0.3 is 10.4 Å². The van der Waals surface area contributed by atoms with E-state index in [2.05, 4.69) is 10.3 Å². The summed E-state index contributed by atoms with van der Waals surface area (Å²) in [4.78, 5) is 16.1.